The van der Waals surface area contributed by atoms with Gasteiger partial charge in [-0.05, 0) is 30.3 Å². The van der Waals surface area contributed by atoms with Gasteiger partial charge in [0, 0.05) is 17.7 Å². The van der Waals surface area contributed by atoms with Crippen LogP contribution in [-0.4, -0.2) is 18.3 Å². The SMILES string of the molecule is CN1c2cc(Br)ccc2N(Cc2ccccn2)C1N. The average Bonchev–Trinajstić information content (AvgIpc) is 2.65. The van der Waals surface area contributed by atoms with E-state index in [2.05, 4.69) is 42.8 Å². The van der Waals surface area contributed by atoms with Crippen molar-refractivity contribution < 1.29 is 0 Å². The zero-order valence-corrected chi connectivity index (χ0v) is 12.2. The summed E-state index contributed by atoms with van der Waals surface area (Å²) in [6.45, 7) is 0.709. The summed E-state index contributed by atoms with van der Waals surface area (Å²) < 4.78 is 1.06. The molecule has 1 aliphatic rings. The van der Waals surface area contributed by atoms with Crippen LogP contribution in [0.3, 0.4) is 0 Å². The van der Waals surface area contributed by atoms with Gasteiger partial charge in [0.15, 0.2) is 6.29 Å². The molecule has 98 valence electrons. The predicted molar refractivity (Wildman–Crippen MR) is 80.9 cm³/mol. The van der Waals surface area contributed by atoms with E-state index < -0.39 is 0 Å². The van der Waals surface area contributed by atoms with Crippen molar-refractivity contribution in [1.29, 1.82) is 0 Å². The molecule has 1 atom stereocenters. The normalized spacial score (nSPS) is 17.7. The molecule has 1 aromatic carbocycles. The lowest BCUT2D eigenvalue weighted by Gasteiger charge is -2.26. The van der Waals surface area contributed by atoms with E-state index in [4.69, 9.17) is 5.73 Å². The molecule has 2 heterocycles. The molecule has 0 saturated carbocycles. The molecule has 5 heteroatoms. The molecule has 2 N–H and O–H groups in total. The third kappa shape index (κ3) is 2.19. The first-order valence-electron chi connectivity index (χ1n) is 6.11. The fraction of sp³-hybridized carbons (Fsp3) is 0.214. The minimum Gasteiger partial charge on any atom is -0.340 e. The Bertz CT molecular complexity index is 587. The van der Waals surface area contributed by atoms with Crippen molar-refractivity contribution in [3.63, 3.8) is 0 Å². The van der Waals surface area contributed by atoms with Gasteiger partial charge in [0.25, 0.3) is 0 Å². The minimum absolute atomic E-state index is 0.161. The highest BCUT2D eigenvalue weighted by Crippen LogP contribution is 2.39. The Balaban J connectivity index is 1.95. The monoisotopic (exact) mass is 318 g/mol. The Morgan fingerprint density at radius 1 is 1.26 bits per heavy atom. The van der Waals surface area contributed by atoms with Gasteiger partial charge in [-0.15, -0.1) is 0 Å². The smallest absolute Gasteiger partial charge is 0.155 e. The van der Waals surface area contributed by atoms with Crippen molar-refractivity contribution in [2.24, 2.45) is 5.73 Å². The van der Waals surface area contributed by atoms with Crippen molar-refractivity contribution in [3.05, 3.63) is 52.8 Å². The molecule has 1 unspecified atom stereocenters. The van der Waals surface area contributed by atoms with Crippen LogP contribution >= 0.6 is 15.9 Å². The van der Waals surface area contributed by atoms with Crippen LogP contribution in [0.15, 0.2) is 47.1 Å². The second-order valence-corrected chi connectivity index (χ2v) is 5.52. The van der Waals surface area contributed by atoms with E-state index in [1.165, 1.54) is 0 Å². The summed E-state index contributed by atoms with van der Waals surface area (Å²) in [5.41, 5.74) is 9.57. The Hall–Kier alpha value is -1.59. The zero-order valence-electron chi connectivity index (χ0n) is 10.6. The second-order valence-electron chi connectivity index (χ2n) is 4.61. The summed E-state index contributed by atoms with van der Waals surface area (Å²) in [6.07, 6.45) is 1.65. The first-order chi connectivity index (χ1) is 9.16. The lowest BCUT2D eigenvalue weighted by Crippen LogP contribution is -2.48. The molecule has 0 aliphatic carbocycles. The van der Waals surface area contributed by atoms with Gasteiger partial charge in [0.05, 0.1) is 23.6 Å². The van der Waals surface area contributed by atoms with Gasteiger partial charge in [0.2, 0.25) is 0 Å². The largest absolute Gasteiger partial charge is 0.340 e. The molecular formula is C14H15BrN4. The highest BCUT2D eigenvalue weighted by atomic mass is 79.9. The molecule has 4 nitrogen and oxygen atoms in total. The Kier molecular flexibility index (Phi) is 3.16. The molecule has 0 radical (unpaired) electrons. The Morgan fingerprint density at radius 3 is 2.84 bits per heavy atom. The van der Waals surface area contributed by atoms with Crippen molar-refractivity contribution >= 4 is 27.3 Å². The molecule has 0 fully saturated rings. The van der Waals surface area contributed by atoms with Crippen LogP contribution in [0.4, 0.5) is 11.4 Å². The van der Waals surface area contributed by atoms with Gasteiger partial charge in [0.1, 0.15) is 0 Å². The standard InChI is InChI=1S/C14H15BrN4/c1-18-13-8-10(15)5-6-12(13)19(14(18)16)9-11-4-2-3-7-17-11/h2-8,14H,9,16H2,1H3. The zero-order chi connectivity index (χ0) is 13.4. The summed E-state index contributed by atoms with van der Waals surface area (Å²) in [4.78, 5) is 8.60. The van der Waals surface area contributed by atoms with Gasteiger partial charge < -0.3 is 9.80 Å². The number of anilines is 2. The number of hydrogen-bond acceptors (Lipinski definition) is 4. The van der Waals surface area contributed by atoms with Crippen LogP contribution in [-0.2, 0) is 6.54 Å². The lowest BCUT2D eigenvalue weighted by atomic mass is 10.2. The Labute approximate surface area is 121 Å². The van der Waals surface area contributed by atoms with Crippen LogP contribution in [0.1, 0.15) is 5.69 Å². The molecule has 0 spiro atoms. The van der Waals surface area contributed by atoms with E-state index in [0.717, 1.165) is 21.5 Å². The fourth-order valence-electron chi connectivity index (χ4n) is 2.36. The van der Waals surface area contributed by atoms with Crippen molar-refractivity contribution in [2.75, 3.05) is 16.8 Å². The summed E-state index contributed by atoms with van der Waals surface area (Å²) >= 11 is 3.50. The van der Waals surface area contributed by atoms with Crippen molar-refractivity contribution in [2.45, 2.75) is 12.8 Å². The number of benzene rings is 1. The van der Waals surface area contributed by atoms with E-state index in [1.807, 2.05) is 37.5 Å². The van der Waals surface area contributed by atoms with Crippen molar-refractivity contribution in [3.8, 4) is 0 Å². The first kappa shape index (κ1) is 12.4. The van der Waals surface area contributed by atoms with Crippen LogP contribution in [0, 0.1) is 0 Å². The summed E-state index contributed by atoms with van der Waals surface area (Å²) in [5, 5.41) is 0. The van der Waals surface area contributed by atoms with Crippen molar-refractivity contribution in [1.82, 2.24) is 4.98 Å². The summed E-state index contributed by atoms with van der Waals surface area (Å²) in [6, 6.07) is 12.2. The van der Waals surface area contributed by atoms with Crippen LogP contribution < -0.4 is 15.5 Å². The molecule has 0 saturated heterocycles. The highest BCUT2D eigenvalue weighted by molar-refractivity contribution is 9.10. The van der Waals surface area contributed by atoms with E-state index in [9.17, 15) is 0 Å². The number of nitrogens with zero attached hydrogens (tertiary/aromatic N) is 3. The van der Waals surface area contributed by atoms with Crippen LogP contribution in [0.5, 0.6) is 0 Å². The maximum absolute atomic E-state index is 6.28. The molecule has 1 aromatic heterocycles. The highest BCUT2D eigenvalue weighted by Gasteiger charge is 2.31. The number of hydrogen-bond donors (Lipinski definition) is 1. The van der Waals surface area contributed by atoms with E-state index >= 15 is 0 Å². The minimum atomic E-state index is -0.161. The summed E-state index contributed by atoms with van der Waals surface area (Å²) in [7, 11) is 2.01. The van der Waals surface area contributed by atoms with E-state index in [-0.39, 0.29) is 6.29 Å². The number of halogens is 1. The molecule has 1 aliphatic heterocycles. The van der Waals surface area contributed by atoms with Gasteiger partial charge in [-0.25, -0.2) is 0 Å². The molecular weight excluding hydrogens is 304 g/mol. The van der Waals surface area contributed by atoms with Gasteiger partial charge >= 0.3 is 0 Å². The van der Waals surface area contributed by atoms with Gasteiger partial charge in [-0.2, -0.15) is 0 Å². The third-order valence-corrected chi connectivity index (χ3v) is 3.89. The van der Waals surface area contributed by atoms with Gasteiger partial charge in [-0.1, -0.05) is 22.0 Å². The first-order valence-corrected chi connectivity index (χ1v) is 6.90. The van der Waals surface area contributed by atoms with Crippen LogP contribution in [0.2, 0.25) is 0 Å². The number of nitrogens with two attached hydrogens (primary N) is 1. The van der Waals surface area contributed by atoms with Crippen LogP contribution in [0.25, 0.3) is 0 Å². The number of fused-ring (bicyclic) bond motifs is 1. The van der Waals surface area contributed by atoms with E-state index in [1.54, 1.807) is 0 Å². The quantitative estimate of drug-likeness (QED) is 0.924. The molecule has 2 aromatic rings. The molecule has 3 rings (SSSR count). The molecule has 0 bridgehead atoms. The average molecular weight is 319 g/mol. The fourth-order valence-corrected chi connectivity index (χ4v) is 2.71. The maximum Gasteiger partial charge on any atom is 0.155 e. The predicted octanol–water partition coefficient (Wildman–Crippen LogP) is 2.54. The summed E-state index contributed by atoms with van der Waals surface area (Å²) in [5.74, 6) is 0. The number of aromatic nitrogens is 1. The second kappa shape index (κ2) is 4.83. The third-order valence-electron chi connectivity index (χ3n) is 3.40. The van der Waals surface area contributed by atoms with E-state index in [0.29, 0.717) is 6.54 Å². The topological polar surface area (TPSA) is 45.4 Å². The maximum atomic E-state index is 6.28. The Morgan fingerprint density at radius 2 is 2.11 bits per heavy atom. The number of rotatable bonds is 2. The molecule has 0 amide bonds. The lowest BCUT2D eigenvalue weighted by molar-refractivity contribution is 0.625. The number of pyridine rings is 1. The van der Waals surface area contributed by atoms with Gasteiger partial charge in [-0.3, -0.25) is 10.7 Å². The molecule has 19 heavy (non-hydrogen) atoms.